The van der Waals surface area contributed by atoms with Gasteiger partial charge in [0, 0.05) is 23.8 Å². The lowest BCUT2D eigenvalue weighted by atomic mass is 10.1. The van der Waals surface area contributed by atoms with E-state index in [1.165, 1.54) is 4.90 Å². The second-order valence-electron chi connectivity index (χ2n) is 10.1. The highest BCUT2D eigenvalue weighted by Crippen LogP contribution is 2.20. The van der Waals surface area contributed by atoms with Crippen LogP contribution >= 0.6 is 0 Å². The molecular weight excluding hydrogens is 478 g/mol. The first-order valence-corrected chi connectivity index (χ1v) is 12.6. The third-order valence-electron chi connectivity index (χ3n) is 5.99. The average molecular weight is 512 g/mol. The molecule has 2 amide bonds. The van der Waals surface area contributed by atoms with Gasteiger partial charge >= 0.3 is 6.09 Å². The summed E-state index contributed by atoms with van der Waals surface area (Å²) in [7, 11) is 0. The number of para-hydroxylation sites is 1. The Kier molecular flexibility index (Phi) is 8.38. The topological polar surface area (TPSA) is 91.8 Å². The molecule has 196 valence electrons. The summed E-state index contributed by atoms with van der Waals surface area (Å²) in [6, 6.07) is 26.0. The number of nitrogens with zero attached hydrogens (tertiary/aromatic N) is 2. The van der Waals surface area contributed by atoms with Gasteiger partial charge in [0.2, 0.25) is 0 Å². The number of aliphatic hydroxyl groups is 1. The quantitative estimate of drug-likeness (QED) is 0.303. The maximum atomic E-state index is 12.9. The van der Waals surface area contributed by atoms with Crippen LogP contribution in [0.5, 0.6) is 0 Å². The van der Waals surface area contributed by atoms with Gasteiger partial charge in [-0.15, -0.1) is 0 Å². The number of aromatic nitrogens is 1. The van der Waals surface area contributed by atoms with Crippen LogP contribution in [0.2, 0.25) is 0 Å². The van der Waals surface area contributed by atoms with Crippen molar-refractivity contribution in [3.05, 3.63) is 108 Å². The maximum Gasteiger partial charge on any atom is 0.410 e. The summed E-state index contributed by atoms with van der Waals surface area (Å²) in [5, 5.41) is 14.6. The second-order valence-corrected chi connectivity index (χ2v) is 10.1. The fourth-order valence-electron chi connectivity index (χ4n) is 4.08. The van der Waals surface area contributed by atoms with Crippen molar-refractivity contribution in [1.29, 1.82) is 0 Å². The van der Waals surface area contributed by atoms with Gasteiger partial charge in [0.05, 0.1) is 23.7 Å². The number of ether oxygens (including phenoxy) is 1. The Morgan fingerprint density at radius 3 is 2.37 bits per heavy atom. The van der Waals surface area contributed by atoms with Crippen LogP contribution in [0, 0.1) is 0 Å². The molecule has 0 spiro atoms. The van der Waals surface area contributed by atoms with Crippen molar-refractivity contribution in [2.24, 2.45) is 0 Å². The fourth-order valence-corrected chi connectivity index (χ4v) is 4.08. The van der Waals surface area contributed by atoms with Gasteiger partial charge < -0.3 is 20.1 Å². The number of fused-ring (bicyclic) bond motifs is 1. The Balaban J connectivity index is 1.41. The minimum Gasteiger partial charge on any atom is -0.444 e. The van der Waals surface area contributed by atoms with E-state index in [1.807, 2.05) is 99.6 Å². The standard InChI is InChI=1S/C31H33N3O4/c1-31(2,3)38-30(37)34(21-27(35)23-9-5-4-6-10-23)20-18-22-14-16-25(17-15-22)33-29(36)26-13-7-11-24-12-8-19-32-28(24)26/h4-17,19,27,35H,18,20-21H2,1-3H3,(H,33,36)/t27-/m0/s1. The molecule has 0 bridgehead atoms. The minimum absolute atomic E-state index is 0.117. The van der Waals surface area contributed by atoms with Crippen LogP contribution in [0.1, 0.15) is 48.4 Å². The van der Waals surface area contributed by atoms with Crippen molar-refractivity contribution < 1.29 is 19.4 Å². The van der Waals surface area contributed by atoms with Crippen LogP contribution in [-0.2, 0) is 11.2 Å². The van der Waals surface area contributed by atoms with Crippen LogP contribution in [0.15, 0.2) is 91.1 Å². The molecule has 0 saturated carbocycles. The third kappa shape index (κ3) is 7.17. The highest BCUT2D eigenvalue weighted by Gasteiger charge is 2.24. The van der Waals surface area contributed by atoms with Gasteiger partial charge in [-0.2, -0.15) is 0 Å². The lowest BCUT2D eigenvalue weighted by molar-refractivity contribution is 0.0147. The Hall–Kier alpha value is -4.23. The Morgan fingerprint density at radius 2 is 1.66 bits per heavy atom. The predicted octanol–water partition coefficient (Wildman–Crippen LogP) is 6.00. The summed E-state index contributed by atoms with van der Waals surface area (Å²) in [6.07, 6.45) is 0.931. The monoisotopic (exact) mass is 511 g/mol. The van der Waals surface area contributed by atoms with Crippen LogP contribution in [0.25, 0.3) is 10.9 Å². The Labute approximate surface area is 223 Å². The molecular formula is C31H33N3O4. The summed E-state index contributed by atoms with van der Waals surface area (Å²) in [6.45, 7) is 5.94. The number of benzene rings is 3. The van der Waals surface area contributed by atoms with E-state index >= 15 is 0 Å². The summed E-state index contributed by atoms with van der Waals surface area (Å²) in [5.41, 5.74) is 2.91. The van der Waals surface area contributed by atoms with Crippen LogP contribution < -0.4 is 5.32 Å². The van der Waals surface area contributed by atoms with Crippen molar-refractivity contribution in [3.8, 4) is 0 Å². The van der Waals surface area contributed by atoms with E-state index < -0.39 is 17.8 Å². The molecule has 2 N–H and O–H groups in total. The first kappa shape index (κ1) is 26.8. The fraction of sp³-hybridized carbons (Fsp3) is 0.258. The lowest BCUT2D eigenvalue weighted by Gasteiger charge is -2.29. The summed E-state index contributed by atoms with van der Waals surface area (Å²) in [5.74, 6) is -0.229. The van der Waals surface area contributed by atoms with E-state index in [9.17, 15) is 14.7 Å². The number of rotatable bonds is 8. The molecule has 1 heterocycles. The minimum atomic E-state index is -0.829. The van der Waals surface area contributed by atoms with Gasteiger partial charge in [-0.25, -0.2) is 4.79 Å². The van der Waals surface area contributed by atoms with E-state index in [2.05, 4.69) is 10.3 Å². The zero-order valence-corrected chi connectivity index (χ0v) is 21.9. The van der Waals surface area contributed by atoms with Gasteiger partial charge in [-0.05, 0) is 62.6 Å². The zero-order valence-electron chi connectivity index (χ0n) is 21.9. The molecule has 7 nitrogen and oxygen atoms in total. The number of hydrogen-bond donors (Lipinski definition) is 2. The number of nitrogens with one attached hydrogen (secondary N) is 1. The van der Waals surface area contributed by atoms with E-state index in [0.29, 0.717) is 29.7 Å². The van der Waals surface area contributed by atoms with Crippen LogP contribution in [-0.4, -0.2) is 45.7 Å². The number of anilines is 1. The molecule has 0 unspecified atom stereocenters. The van der Waals surface area contributed by atoms with Gasteiger partial charge in [0.25, 0.3) is 5.91 Å². The van der Waals surface area contributed by atoms with Gasteiger partial charge in [0.15, 0.2) is 0 Å². The van der Waals surface area contributed by atoms with Gasteiger partial charge in [0.1, 0.15) is 5.60 Å². The van der Waals surface area contributed by atoms with Crippen molar-refractivity contribution in [1.82, 2.24) is 9.88 Å². The number of aliphatic hydroxyl groups excluding tert-OH is 1. The van der Waals surface area contributed by atoms with E-state index in [-0.39, 0.29) is 12.5 Å². The number of hydrogen-bond acceptors (Lipinski definition) is 5. The molecule has 1 atom stereocenters. The molecule has 4 aromatic rings. The van der Waals surface area contributed by atoms with E-state index in [1.54, 1.807) is 12.3 Å². The molecule has 0 radical (unpaired) electrons. The average Bonchev–Trinajstić information content (AvgIpc) is 2.90. The number of carbonyl (C=O) groups is 2. The van der Waals surface area contributed by atoms with E-state index in [4.69, 9.17) is 4.74 Å². The summed E-state index contributed by atoms with van der Waals surface area (Å²) in [4.78, 5) is 31.7. The lowest BCUT2D eigenvalue weighted by Crippen LogP contribution is -2.40. The predicted molar refractivity (Wildman–Crippen MR) is 149 cm³/mol. The molecule has 0 fully saturated rings. The number of amides is 2. The molecule has 0 aliphatic rings. The molecule has 4 rings (SSSR count). The first-order chi connectivity index (χ1) is 18.2. The van der Waals surface area contributed by atoms with Crippen LogP contribution in [0.4, 0.5) is 10.5 Å². The molecule has 38 heavy (non-hydrogen) atoms. The van der Waals surface area contributed by atoms with Crippen molar-refractivity contribution in [2.45, 2.75) is 38.9 Å². The largest absolute Gasteiger partial charge is 0.444 e. The van der Waals surface area contributed by atoms with Crippen LogP contribution in [0.3, 0.4) is 0 Å². The highest BCUT2D eigenvalue weighted by atomic mass is 16.6. The smallest absolute Gasteiger partial charge is 0.410 e. The normalized spacial score (nSPS) is 12.1. The maximum absolute atomic E-state index is 12.9. The molecule has 7 heteroatoms. The molecule has 0 aliphatic heterocycles. The van der Waals surface area contributed by atoms with Gasteiger partial charge in [-0.1, -0.05) is 60.7 Å². The molecule has 0 saturated heterocycles. The summed E-state index contributed by atoms with van der Waals surface area (Å²) >= 11 is 0. The van der Waals surface area contributed by atoms with Crippen molar-refractivity contribution in [2.75, 3.05) is 18.4 Å². The van der Waals surface area contributed by atoms with Crippen molar-refractivity contribution in [3.63, 3.8) is 0 Å². The van der Waals surface area contributed by atoms with E-state index in [0.717, 1.165) is 16.5 Å². The van der Waals surface area contributed by atoms with Gasteiger partial charge in [-0.3, -0.25) is 9.78 Å². The first-order valence-electron chi connectivity index (χ1n) is 12.6. The Morgan fingerprint density at radius 1 is 0.947 bits per heavy atom. The highest BCUT2D eigenvalue weighted by molar-refractivity contribution is 6.11. The number of carbonyl (C=O) groups excluding carboxylic acids is 2. The van der Waals surface area contributed by atoms with Crippen molar-refractivity contribution >= 4 is 28.6 Å². The molecule has 0 aliphatic carbocycles. The zero-order chi connectivity index (χ0) is 27.1. The third-order valence-corrected chi connectivity index (χ3v) is 5.99. The number of pyridine rings is 1. The SMILES string of the molecule is CC(C)(C)OC(=O)N(CCc1ccc(NC(=O)c2cccc3cccnc23)cc1)C[C@H](O)c1ccccc1. The Bertz CT molecular complexity index is 1380. The second kappa shape index (κ2) is 11.9. The summed E-state index contributed by atoms with van der Waals surface area (Å²) < 4.78 is 5.58. The molecule has 3 aromatic carbocycles. The molecule has 1 aromatic heterocycles.